The lowest BCUT2D eigenvalue weighted by Crippen LogP contribution is -2.56. The van der Waals surface area contributed by atoms with Crippen LogP contribution in [0.15, 0.2) is 47.5 Å². The predicted molar refractivity (Wildman–Crippen MR) is 90.0 cm³/mol. The maximum atomic E-state index is 12.5. The molecule has 0 atom stereocenters. The van der Waals surface area contributed by atoms with Gasteiger partial charge in [0.15, 0.2) is 0 Å². The Hall–Kier alpha value is -2.33. The SMILES string of the molecule is CCOc1ccc(S(=O)(=O)N2CC(Oc3ccc(C(F)(F)F)cn3)C2)cc1. The second kappa shape index (κ2) is 7.35. The van der Waals surface area contributed by atoms with E-state index < -0.39 is 27.9 Å². The highest BCUT2D eigenvalue weighted by Crippen LogP contribution is 2.30. The Morgan fingerprint density at radius 3 is 2.33 bits per heavy atom. The summed E-state index contributed by atoms with van der Waals surface area (Å²) in [6, 6.07) is 8.08. The highest BCUT2D eigenvalue weighted by molar-refractivity contribution is 7.89. The Morgan fingerprint density at radius 1 is 1.15 bits per heavy atom. The highest BCUT2D eigenvalue weighted by Gasteiger charge is 2.38. The molecule has 1 aliphatic rings. The summed E-state index contributed by atoms with van der Waals surface area (Å²) in [6.45, 7) is 2.50. The molecule has 6 nitrogen and oxygen atoms in total. The summed E-state index contributed by atoms with van der Waals surface area (Å²) in [4.78, 5) is 3.75. The molecule has 10 heteroatoms. The van der Waals surface area contributed by atoms with Gasteiger partial charge < -0.3 is 9.47 Å². The van der Waals surface area contributed by atoms with Gasteiger partial charge in [-0.2, -0.15) is 17.5 Å². The number of rotatable bonds is 6. The Balaban J connectivity index is 1.58. The average molecular weight is 402 g/mol. The summed E-state index contributed by atoms with van der Waals surface area (Å²) < 4.78 is 74.5. The van der Waals surface area contributed by atoms with Gasteiger partial charge in [0, 0.05) is 12.3 Å². The van der Waals surface area contributed by atoms with Crippen molar-refractivity contribution in [1.82, 2.24) is 9.29 Å². The number of benzene rings is 1. The quantitative estimate of drug-likeness (QED) is 0.743. The molecule has 0 unspecified atom stereocenters. The molecule has 1 aromatic carbocycles. The van der Waals surface area contributed by atoms with Gasteiger partial charge >= 0.3 is 6.18 Å². The number of halogens is 3. The summed E-state index contributed by atoms with van der Waals surface area (Å²) in [5.74, 6) is 0.598. The molecule has 0 amide bonds. The minimum Gasteiger partial charge on any atom is -0.494 e. The van der Waals surface area contributed by atoms with Crippen LogP contribution in [-0.4, -0.2) is 43.5 Å². The zero-order valence-corrected chi connectivity index (χ0v) is 15.1. The number of aromatic nitrogens is 1. The molecule has 0 saturated carbocycles. The van der Waals surface area contributed by atoms with Crippen LogP contribution >= 0.6 is 0 Å². The van der Waals surface area contributed by atoms with Gasteiger partial charge in [-0.3, -0.25) is 0 Å². The molecule has 1 aromatic heterocycles. The van der Waals surface area contributed by atoms with Crippen molar-refractivity contribution in [2.75, 3.05) is 19.7 Å². The smallest absolute Gasteiger partial charge is 0.417 e. The molecule has 0 radical (unpaired) electrons. The minimum atomic E-state index is -4.47. The van der Waals surface area contributed by atoms with Crippen LogP contribution in [0.2, 0.25) is 0 Å². The lowest BCUT2D eigenvalue weighted by Gasteiger charge is -2.37. The van der Waals surface area contributed by atoms with E-state index in [1.165, 1.54) is 16.4 Å². The summed E-state index contributed by atoms with van der Waals surface area (Å²) in [6.07, 6.45) is -4.25. The van der Waals surface area contributed by atoms with E-state index in [1.54, 1.807) is 12.1 Å². The molecule has 1 saturated heterocycles. The van der Waals surface area contributed by atoms with Crippen LogP contribution in [0.1, 0.15) is 12.5 Å². The molecule has 0 N–H and O–H groups in total. The molecule has 0 aliphatic carbocycles. The van der Waals surface area contributed by atoms with Crippen LogP contribution < -0.4 is 9.47 Å². The first-order chi connectivity index (χ1) is 12.7. The van der Waals surface area contributed by atoms with Crippen LogP contribution in [0, 0.1) is 0 Å². The normalized spacial score (nSPS) is 16.0. The van der Waals surface area contributed by atoms with E-state index >= 15 is 0 Å². The lowest BCUT2D eigenvalue weighted by molar-refractivity contribution is -0.137. The molecule has 27 heavy (non-hydrogen) atoms. The molecule has 1 fully saturated rings. The first-order valence-electron chi connectivity index (χ1n) is 8.13. The number of alkyl halides is 3. The first kappa shape index (κ1) is 19.4. The Bertz CT molecular complexity index is 878. The molecule has 146 valence electrons. The van der Waals surface area contributed by atoms with Crippen molar-refractivity contribution >= 4 is 10.0 Å². The Kier molecular flexibility index (Phi) is 5.29. The Morgan fingerprint density at radius 2 is 1.81 bits per heavy atom. The summed E-state index contributed by atoms with van der Waals surface area (Å²) in [5.41, 5.74) is -0.872. The van der Waals surface area contributed by atoms with Crippen molar-refractivity contribution < 1.29 is 31.1 Å². The van der Waals surface area contributed by atoms with Gasteiger partial charge in [-0.25, -0.2) is 13.4 Å². The molecule has 0 spiro atoms. The zero-order chi connectivity index (χ0) is 19.7. The molecule has 1 aliphatic heterocycles. The van der Waals surface area contributed by atoms with Gasteiger partial charge in [0.05, 0.1) is 30.2 Å². The number of pyridine rings is 1. The number of nitrogens with zero attached hydrogens (tertiary/aromatic N) is 2. The molecule has 2 heterocycles. The Labute approximate surface area is 154 Å². The standard InChI is InChI=1S/C17H17F3N2O4S/c1-2-25-13-4-6-15(7-5-13)27(23,24)22-10-14(11-22)26-16-8-3-12(9-21-16)17(18,19)20/h3-9,14H,2,10-11H2,1H3. The van der Waals surface area contributed by atoms with E-state index in [4.69, 9.17) is 9.47 Å². The third-order valence-electron chi connectivity index (χ3n) is 3.94. The maximum absolute atomic E-state index is 12.5. The molecular formula is C17H17F3N2O4S. The van der Waals surface area contributed by atoms with Crippen LogP contribution in [0.25, 0.3) is 0 Å². The van der Waals surface area contributed by atoms with Crippen molar-refractivity contribution in [3.8, 4) is 11.6 Å². The van der Waals surface area contributed by atoms with Crippen LogP contribution in [0.4, 0.5) is 13.2 Å². The molecule has 2 aromatic rings. The zero-order valence-electron chi connectivity index (χ0n) is 14.3. The van der Waals surface area contributed by atoms with Crippen LogP contribution in [-0.2, 0) is 16.2 Å². The molecule has 0 bridgehead atoms. The van der Waals surface area contributed by atoms with Crippen LogP contribution in [0.5, 0.6) is 11.6 Å². The molecule has 3 rings (SSSR count). The van der Waals surface area contributed by atoms with Gasteiger partial charge in [0.25, 0.3) is 0 Å². The van der Waals surface area contributed by atoms with Gasteiger partial charge in [-0.05, 0) is 37.3 Å². The van der Waals surface area contributed by atoms with E-state index in [9.17, 15) is 21.6 Å². The van der Waals surface area contributed by atoms with Crippen molar-refractivity contribution in [1.29, 1.82) is 0 Å². The largest absolute Gasteiger partial charge is 0.494 e. The number of hydrogen-bond acceptors (Lipinski definition) is 5. The minimum absolute atomic E-state index is 0.0196. The van der Waals surface area contributed by atoms with Gasteiger partial charge in [0.1, 0.15) is 11.9 Å². The average Bonchev–Trinajstić information content (AvgIpc) is 2.58. The van der Waals surface area contributed by atoms with Gasteiger partial charge in [-0.1, -0.05) is 0 Å². The third-order valence-corrected chi connectivity index (χ3v) is 5.78. The van der Waals surface area contributed by atoms with Crippen molar-refractivity contribution in [2.45, 2.75) is 24.1 Å². The summed E-state index contributed by atoms with van der Waals surface area (Å²) >= 11 is 0. The van der Waals surface area contributed by atoms with Gasteiger partial charge in [0.2, 0.25) is 15.9 Å². The second-order valence-electron chi connectivity index (χ2n) is 5.85. The molecular weight excluding hydrogens is 385 g/mol. The summed E-state index contributed by atoms with van der Waals surface area (Å²) in [5, 5.41) is 0. The summed E-state index contributed by atoms with van der Waals surface area (Å²) in [7, 11) is -3.66. The van der Waals surface area contributed by atoms with Crippen LogP contribution in [0.3, 0.4) is 0 Å². The number of sulfonamides is 1. The monoisotopic (exact) mass is 402 g/mol. The van der Waals surface area contributed by atoms with Gasteiger partial charge in [-0.15, -0.1) is 0 Å². The first-order valence-corrected chi connectivity index (χ1v) is 9.57. The van der Waals surface area contributed by atoms with E-state index in [0.29, 0.717) is 18.6 Å². The van der Waals surface area contributed by atoms with E-state index in [0.717, 1.165) is 12.1 Å². The number of ether oxygens (including phenoxy) is 2. The fraction of sp³-hybridized carbons (Fsp3) is 0.353. The lowest BCUT2D eigenvalue weighted by atomic mass is 10.2. The topological polar surface area (TPSA) is 68.7 Å². The highest BCUT2D eigenvalue weighted by atomic mass is 32.2. The van der Waals surface area contributed by atoms with Crippen molar-refractivity contribution in [3.63, 3.8) is 0 Å². The fourth-order valence-electron chi connectivity index (χ4n) is 2.48. The predicted octanol–water partition coefficient (Wildman–Crippen LogP) is 2.95. The fourth-order valence-corrected chi connectivity index (χ4v) is 3.99. The second-order valence-corrected chi connectivity index (χ2v) is 7.79. The van der Waals surface area contributed by atoms with E-state index in [1.807, 2.05) is 6.92 Å². The van der Waals surface area contributed by atoms with E-state index in [-0.39, 0.29) is 23.9 Å². The van der Waals surface area contributed by atoms with Crippen molar-refractivity contribution in [2.24, 2.45) is 0 Å². The van der Waals surface area contributed by atoms with Crippen molar-refractivity contribution in [3.05, 3.63) is 48.2 Å². The number of hydrogen-bond donors (Lipinski definition) is 0. The van der Waals surface area contributed by atoms with E-state index in [2.05, 4.69) is 4.98 Å². The third kappa shape index (κ3) is 4.33. The maximum Gasteiger partial charge on any atom is 0.417 e.